The highest BCUT2D eigenvalue weighted by Gasteiger charge is 2.30. The molecule has 2 heteroatoms. The van der Waals surface area contributed by atoms with Crippen LogP contribution in [0.3, 0.4) is 0 Å². The van der Waals surface area contributed by atoms with Gasteiger partial charge in [-0.25, -0.2) is 4.39 Å². The lowest BCUT2D eigenvalue weighted by Gasteiger charge is -2.23. The molecule has 2 rings (SSSR count). The highest BCUT2D eigenvalue weighted by Crippen LogP contribution is 2.42. The summed E-state index contributed by atoms with van der Waals surface area (Å²) in [6, 6.07) is 6.32. The fourth-order valence-electron chi connectivity index (χ4n) is 2.41. The van der Waals surface area contributed by atoms with Gasteiger partial charge in [0.15, 0.2) is 0 Å². The van der Waals surface area contributed by atoms with Crippen molar-refractivity contribution in [2.75, 3.05) is 6.61 Å². The van der Waals surface area contributed by atoms with E-state index in [9.17, 15) is 4.39 Å². The largest absolute Gasteiger partial charge is 0.489 e. The van der Waals surface area contributed by atoms with E-state index in [1.54, 1.807) is 12.1 Å². The Bertz CT molecular complexity index is 446. The van der Waals surface area contributed by atoms with Gasteiger partial charge in [-0.1, -0.05) is 25.5 Å². The summed E-state index contributed by atoms with van der Waals surface area (Å²) in [6.07, 6.45) is 2.33. The van der Waals surface area contributed by atoms with E-state index in [4.69, 9.17) is 4.74 Å². The van der Waals surface area contributed by atoms with Crippen LogP contribution in [-0.2, 0) is 0 Å². The fraction of sp³-hybridized carbons (Fsp3) is 0.467. The van der Waals surface area contributed by atoms with E-state index in [1.807, 2.05) is 0 Å². The Hall–Kier alpha value is -1.31. The smallest absolute Gasteiger partial charge is 0.126 e. The maximum Gasteiger partial charge on any atom is 0.126 e. The molecule has 0 saturated heterocycles. The van der Waals surface area contributed by atoms with Crippen molar-refractivity contribution >= 4 is 0 Å². The van der Waals surface area contributed by atoms with E-state index in [0.717, 1.165) is 6.42 Å². The van der Waals surface area contributed by atoms with Crippen molar-refractivity contribution in [3.05, 3.63) is 41.2 Å². The summed E-state index contributed by atoms with van der Waals surface area (Å²) in [5.74, 6) is 0.354. The van der Waals surface area contributed by atoms with Gasteiger partial charge >= 0.3 is 0 Å². The van der Waals surface area contributed by atoms with Gasteiger partial charge in [0.1, 0.15) is 18.2 Å². The molecule has 17 heavy (non-hydrogen) atoms. The van der Waals surface area contributed by atoms with Crippen molar-refractivity contribution in [1.29, 1.82) is 0 Å². The van der Waals surface area contributed by atoms with Crippen LogP contribution in [0.25, 0.3) is 0 Å². The molecule has 1 aromatic rings. The first-order valence-electron chi connectivity index (χ1n) is 6.06. The first-order valence-corrected chi connectivity index (χ1v) is 6.06. The van der Waals surface area contributed by atoms with Crippen LogP contribution in [0.2, 0.25) is 0 Å². The molecule has 0 fully saturated rings. The molecule has 0 amide bonds. The van der Waals surface area contributed by atoms with Gasteiger partial charge < -0.3 is 4.74 Å². The van der Waals surface area contributed by atoms with Crippen LogP contribution in [0.4, 0.5) is 4.39 Å². The average Bonchev–Trinajstić information content (AvgIpc) is 2.51. The van der Waals surface area contributed by atoms with Crippen molar-refractivity contribution < 1.29 is 9.13 Å². The Morgan fingerprint density at radius 3 is 2.71 bits per heavy atom. The Kier molecular flexibility index (Phi) is 3.23. The summed E-state index contributed by atoms with van der Waals surface area (Å²) in [7, 11) is 0. The van der Waals surface area contributed by atoms with Crippen LogP contribution in [0, 0.1) is 11.2 Å². The molecule has 0 bridgehead atoms. The minimum absolute atomic E-state index is 0.220. The second kappa shape index (κ2) is 4.52. The van der Waals surface area contributed by atoms with E-state index in [2.05, 4.69) is 20.8 Å². The molecule has 92 valence electrons. The predicted octanol–water partition coefficient (Wildman–Crippen LogP) is 4.34. The maximum atomic E-state index is 13.0. The lowest BCUT2D eigenvalue weighted by molar-refractivity contribution is 0.307. The van der Waals surface area contributed by atoms with E-state index in [-0.39, 0.29) is 11.2 Å². The van der Waals surface area contributed by atoms with Crippen LogP contribution >= 0.6 is 0 Å². The third kappa shape index (κ3) is 2.68. The molecular formula is C15H19FO. The van der Waals surface area contributed by atoms with Gasteiger partial charge in [0, 0.05) is 6.07 Å². The standard InChI is InChI=1S/C15H19FO/c1-11-7-8-15(2,3)14(11)10-17-13-6-4-5-12(16)9-13/h4-6,9H,7-8,10H2,1-3H3. The number of hydrogen-bond acceptors (Lipinski definition) is 1. The van der Waals surface area contributed by atoms with E-state index >= 15 is 0 Å². The van der Waals surface area contributed by atoms with Gasteiger partial charge in [-0.3, -0.25) is 0 Å². The normalized spacial score (nSPS) is 18.6. The molecule has 0 heterocycles. The monoisotopic (exact) mass is 234 g/mol. The van der Waals surface area contributed by atoms with Gasteiger partial charge in [0.05, 0.1) is 0 Å². The molecule has 0 unspecified atom stereocenters. The van der Waals surface area contributed by atoms with E-state index < -0.39 is 0 Å². The quantitative estimate of drug-likeness (QED) is 0.707. The molecule has 1 nitrogen and oxygen atoms in total. The van der Waals surface area contributed by atoms with Crippen molar-refractivity contribution in [3.8, 4) is 5.75 Å². The molecule has 1 aromatic carbocycles. The van der Waals surface area contributed by atoms with Crippen molar-refractivity contribution in [2.24, 2.45) is 5.41 Å². The zero-order valence-corrected chi connectivity index (χ0v) is 10.7. The Morgan fingerprint density at radius 2 is 2.12 bits per heavy atom. The third-order valence-electron chi connectivity index (χ3n) is 3.64. The van der Waals surface area contributed by atoms with Gasteiger partial charge in [-0.15, -0.1) is 0 Å². The lowest BCUT2D eigenvalue weighted by atomic mass is 9.86. The van der Waals surface area contributed by atoms with Crippen LogP contribution in [0.15, 0.2) is 35.4 Å². The topological polar surface area (TPSA) is 9.23 Å². The number of rotatable bonds is 3. The zero-order valence-electron chi connectivity index (χ0n) is 10.7. The van der Waals surface area contributed by atoms with E-state index in [0.29, 0.717) is 12.4 Å². The number of halogens is 1. The minimum atomic E-state index is -0.251. The molecule has 0 radical (unpaired) electrons. The Morgan fingerprint density at radius 1 is 1.35 bits per heavy atom. The second-order valence-electron chi connectivity index (χ2n) is 5.39. The molecular weight excluding hydrogens is 215 g/mol. The van der Waals surface area contributed by atoms with E-state index in [1.165, 1.54) is 29.7 Å². The molecule has 0 spiro atoms. The highest BCUT2D eigenvalue weighted by molar-refractivity contribution is 5.28. The van der Waals surface area contributed by atoms with Gasteiger partial charge in [-0.2, -0.15) is 0 Å². The fourth-order valence-corrected chi connectivity index (χ4v) is 2.41. The van der Waals surface area contributed by atoms with Crippen LogP contribution in [0.1, 0.15) is 33.6 Å². The molecule has 1 aliphatic rings. The van der Waals surface area contributed by atoms with Gasteiger partial charge in [0.2, 0.25) is 0 Å². The average molecular weight is 234 g/mol. The summed E-state index contributed by atoms with van der Waals surface area (Å²) in [5.41, 5.74) is 3.00. The Labute approximate surface area is 102 Å². The Balaban J connectivity index is 2.06. The van der Waals surface area contributed by atoms with Crippen molar-refractivity contribution in [1.82, 2.24) is 0 Å². The van der Waals surface area contributed by atoms with Crippen LogP contribution < -0.4 is 4.74 Å². The highest BCUT2D eigenvalue weighted by atomic mass is 19.1. The summed E-state index contributed by atoms with van der Waals surface area (Å²) in [5, 5.41) is 0. The maximum absolute atomic E-state index is 13.0. The van der Waals surface area contributed by atoms with Gasteiger partial charge in [-0.05, 0) is 42.9 Å². The first-order chi connectivity index (χ1) is 7.99. The molecule has 1 aliphatic carbocycles. The summed E-state index contributed by atoms with van der Waals surface area (Å²) in [4.78, 5) is 0. The van der Waals surface area contributed by atoms with Gasteiger partial charge in [0.25, 0.3) is 0 Å². The predicted molar refractivity (Wildman–Crippen MR) is 67.6 cm³/mol. The number of ether oxygens (including phenoxy) is 1. The molecule has 0 N–H and O–H groups in total. The lowest BCUT2D eigenvalue weighted by Crippen LogP contribution is -2.16. The summed E-state index contributed by atoms with van der Waals surface area (Å²) >= 11 is 0. The zero-order chi connectivity index (χ0) is 12.5. The third-order valence-corrected chi connectivity index (χ3v) is 3.64. The molecule has 0 aromatic heterocycles. The van der Waals surface area contributed by atoms with Crippen LogP contribution in [-0.4, -0.2) is 6.61 Å². The summed E-state index contributed by atoms with van der Waals surface area (Å²) < 4.78 is 18.7. The molecule has 0 atom stereocenters. The minimum Gasteiger partial charge on any atom is -0.489 e. The number of allylic oxidation sites excluding steroid dienone is 1. The van der Waals surface area contributed by atoms with Crippen molar-refractivity contribution in [3.63, 3.8) is 0 Å². The number of benzene rings is 1. The van der Waals surface area contributed by atoms with Crippen LogP contribution in [0.5, 0.6) is 5.75 Å². The molecule has 0 aliphatic heterocycles. The second-order valence-corrected chi connectivity index (χ2v) is 5.39. The first kappa shape index (κ1) is 12.2. The SMILES string of the molecule is CC1=C(COc2cccc(F)c2)C(C)(C)CC1. The molecule has 0 saturated carbocycles. The number of hydrogen-bond donors (Lipinski definition) is 0. The van der Waals surface area contributed by atoms with Crippen molar-refractivity contribution in [2.45, 2.75) is 33.6 Å². The summed E-state index contributed by atoms with van der Waals surface area (Å²) in [6.45, 7) is 7.23.